The molecule has 270 valence electrons. The minimum atomic E-state index is -2.31. The van der Waals surface area contributed by atoms with Crippen LogP contribution in [-0.2, 0) is 0 Å². The third-order valence-corrected chi connectivity index (χ3v) is 7.86. The van der Waals surface area contributed by atoms with Crippen molar-refractivity contribution in [1.82, 2.24) is 29.9 Å². The van der Waals surface area contributed by atoms with Gasteiger partial charge in [0.15, 0.2) is 87.3 Å². The second-order valence-corrected chi connectivity index (χ2v) is 11.0. The van der Waals surface area contributed by atoms with Crippen molar-refractivity contribution in [3.63, 3.8) is 0 Å². The maximum atomic E-state index is 15.7. The van der Waals surface area contributed by atoms with Crippen LogP contribution in [0.5, 0.6) is 0 Å². The average molecular weight is 757 g/mol. The Labute approximate surface area is 293 Å². The van der Waals surface area contributed by atoms with E-state index in [0.717, 1.165) is 36.8 Å². The largest absolute Gasteiger partial charge is 0.256 e. The Morgan fingerprint density at radius 1 is 0.259 bits per heavy atom. The summed E-state index contributed by atoms with van der Waals surface area (Å²) in [5, 5.41) is 0. The Bertz CT molecular complexity index is 2240. The van der Waals surface area contributed by atoms with Crippen LogP contribution in [0.25, 0.3) is 67.9 Å². The molecule has 0 radical (unpaired) electrons. The lowest BCUT2D eigenvalue weighted by molar-refractivity contribution is 0.458. The van der Waals surface area contributed by atoms with E-state index in [9.17, 15) is 0 Å². The zero-order chi connectivity index (χ0) is 38.6. The van der Waals surface area contributed by atoms with Crippen LogP contribution in [0.1, 0.15) is 0 Å². The smallest absolute Gasteiger partial charge is 0.173 e. The first-order valence-electron chi connectivity index (χ1n) is 14.9. The SMILES string of the molecule is Fc1c(F)c(-c2nc(-c3c(F)c(F)c(-c4ccccn4)c(F)c3F)nc(-c3c(F)c(F)c(-c4ccccn4)c(F)c3F)n2)c(F)c(F)c1-c1ccccn1. The topological polar surface area (TPSA) is 77.3 Å². The molecular weight excluding hydrogens is 744 g/mol. The number of hydrogen-bond acceptors (Lipinski definition) is 6. The summed E-state index contributed by atoms with van der Waals surface area (Å²) in [6.07, 6.45) is 3.05. The van der Waals surface area contributed by atoms with Crippen LogP contribution < -0.4 is 0 Å². The maximum Gasteiger partial charge on any atom is 0.173 e. The number of nitrogens with zero attached hydrogens (tertiary/aromatic N) is 6. The molecule has 0 N–H and O–H groups in total. The van der Waals surface area contributed by atoms with E-state index in [4.69, 9.17) is 0 Å². The fourth-order valence-corrected chi connectivity index (χ4v) is 5.40. The van der Waals surface area contributed by atoms with Gasteiger partial charge in [0, 0.05) is 18.6 Å². The zero-order valence-electron chi connectivity index (χ0n) is 26.1. The predicted octanol–water partition coefficient (Wildman–Crippen LogP) is 9.73. The Morgan fingerprint density at radius 3 is 0.648 bits per heavy atom. The molecule has 4 aromatic heterocycles. The first kappa shape index (κ1) is 35.7. The van der Waals surface area contributed by atoms with Gasteiger partial charge in [-0.3, -0.25) is 15.0 Å². The van der Waals surface area contributed by atoms with Crippen LogP contribution in [0.15, 0.2) is 73.2 Å². The molecule has 0 spiro atoms. The van der Waals surface area contributed by atoms with Gasteiger partial charge in [0.05, 0.1) is 50.5 Å². The molecule has 0 aliphatic carbocycles. The number of rotatable bonds is 6. The van der Waals surface area contributed by atoms with E-state index < -0.39 is 138 Å². The molecule has 0 unspecified atom stereocenters. The molecule has 0 amide bonds. The molecular formula is C36H12F12N6. The molecule has 7 rings (SSSR count). The highest BCUT2D eigenvalue weighted by molar-refractivity contribution is 5.75. The van der Waals surface area contributed by atoms with Crippen LogP contribution in [0.2, 0.25) is 0 Å². The molecule has 0 fully saturated rings. The van der Waals surface area contributed by atoms with Crippen molar-refractivity contribution >= 4 is 0 Å². The molecule has 3 aromatic carbocycles. The molecule has 6 nitrogen and oxygen atoms in total. The van der Waals surface area contributed by atoms with Gasteiger partial charge in [-0.1, -0.05) is 18.2 Å². The van der Waals surface area contributed by atoms with Gasteiger partial charge in [0.25, 0.3) is 0 Å². The minimum Gasteiger partial charge on any atom is -0.256 e. The first-order chi connectivity index (χ1) is 25.8. The summed E-state index contributed by atoms with van der Waals surface area (Å²) in [5.74, 6) is -31.9. The fraction of sp³-hybridized carbons (Fsp3) is 0. The normalized spacial score (nSPS) is 11.3. The molecule has 0 aliphatic heterocycles. The average Bonchev–Trinajstić information content (AvgIpc) is 3.17. The van der Waals surface area contributed by atoms with Crippen LogP contribution in [0.3, 0.4) is 0 Å². The molecule has 4 heterocycles. The molecule has 0 bridgehead atoms. The predicted molar refractivity (Wildman–Crippen MR) is 165 cm³/mol. The monoisotopic (exact) mass is 756 g/mol. The number of aromatic nitrogens is 6. The highest BCUT2D eigenvalue weighted by Crippen LogP contribution is 2.41. The summed E-state index contributed by atoms with van der Waals surface area (Å²) in [4.78, 5) is 20.9. The Kier molecular flexibility index (Phi) is 9.04. The molecule has 0 aliphatic rings. The van der Waals surface area contributed by atoms with E-state index >= 15 is 52.7 Å². The molecule has 0 saturated heterocycles. The van der Waals surface area contributed by atoms with Crippen molar-refractivity contribution in [3.8, 4) is 67.9 Å². The molecule has 0 atom stereocenters. The van der Waals surface area contributed by atoms with Gasteiger partial charge >= 0.3 is 0 Å². The third kappa shape index (κ3) is 5.66. The summed E-state index contributed by atoms with van der Waals surface area (Å²) in [6, 6.07) is 10.4. The van der Waals surface area contributed by atoms with E-state index in [0.29, 0.717) is 0 Å². The van der Waals surface area contributed by atoms with E-state index in [2.05, 4.69) is 29.9 Å². The first-order valence-corrected chi connectivity index (χ1v) is 14.9. The minimum absolute atomic E-state index is 0.625. The number of benzene rings is 3. The number of pyridine rings is 3. The highest BCUT2D eigenvalue weighted by Gasteiger charge is 2.35. The van der Waals surface area contributed by atoms with E-state index in [-0.39, 0.29) is 0 Å². The molecule has 7 aromatic rings. The lowest BCUT2D eigenvalue weighted by Gasteiger charge is -2.15. The number of halogens is 12. The van der Waals surface area contributed by atoms with E-state index in [1.807, 2.05) is 0 Å². The maximum absolute atomic E-state index is 15.7. The van der Waals surface area contributed by atoms with Crippen LogP contribution in [0, 0.1) is 69.8 Å². The van der Waals surface area contributed by atoms with Gasteiger partial charge in [0.1, 0.15) is 0 Å². The summed E-state index contributed by atoms with van der Waals surface area (Å²) >= 11 is 0. The second-order valence-electron chi connectivity index (χ2n) is 11.0. The summed E-state index contributed by atoms with van der Waals surface area (Å²) < 4.78 is 187. The quantitative estimate of drug-likeness (QED) is 0.124. The Balaban J connectivity index is 1.56. The van der Waals surface area contributed by atoms with Crippen molar-refractivity contribution in [3.05, 3.63) is 143 Å². The fourth-order valence-electron chi connectivity index (χ4n) is 5.40. The summed E-state index contributed by atoms with van der Waals surface area (Å²) in [6.45, 7) is 0. The molecule has 54 heavy (non-hydrogen) atoms. The van der Waals surface area contributed by atoms with E-state index in [1.165, 1.54) is 36.4 Å². The van der Waals surface area contributed by atoms with Gasteiger partial charge in [0.2, 0.25) is 0 Å². The molecule has 0 saturated carbocycles. The van der Waals surface area contributed by atoms with Gasteiger partial charge in [-0.15, -0.1) is 0 Å². The lowest BCUT2D eigenvalue weighted by Crippen LogP contribution is -2.12. The summed E-state index contributed by atoms with van der Waals surface area (Å²) in [5.41, 5.74) is -11.7. The number of hydrogen-bond donors (Lipinski definition) is 0. The highest BCUT2D eigenvalue weighted by atomic mass is 19.2. The van der Waals surface area contributed by atoms with Crippen molar-refractivity contribution in [1.29, 1.82) is 0 Å². The standard InChI is InChI=1S/C36H12F12N6/c37-22-16(13-7-1-4-10-49-13)23(38)29(44)19(28(22)43)34-52-35(20-30(45)24(39)17(25(40)31(20)46)14-8-2-5-11-50-14)54-36(53-34)21-32(47)26(41)18(27(42)33(21)48)15-9-3-6-12-51-15/h1-12H. The van der Waals surface area contributed by atoms with Gasteiger partial charge in [-0.05, 0) is 36.4 Å². The van der Waals surface area contributed by atoms with Crippen LogP contribution >= 0.6 is 0 Å². The van der Waals surface area contributed by atoms with Crippen LogP contribution in [0.4, 0.5) is 52.7 Å². The van der Waals surface area contributed by atoms with Crippen LogP contribution in [-0.4, -0.2) is 29.9 Å². The van der Waals surface area contributed by atoms with Crippen molar-refractivity contribution in [2.75, 3.05) is 0 Å². The van der Waals surface area contributed by atoms with Gasteiger partial charge in [-0.25, -0.2) is 67.6 Å². The van der Waals surface area contributed by atoms with Crippen molar-refractivity contribution < 1.29 is 52.7 Å². The van der Waals surface area contributed by atoms with Gasteiger partial charge < -0.3 is 0 Å². The summed E-state index contributed by atoms with van der Waals surface area (Å²) in [7, 11) is 0. The second kappa shape index (κ2) is 13.7. The van der Waals surface area contributed by atoms with E-state index in [1.54, 1.807) is 0 Å². The van der Waals surface area contributed by atoms with Crippen molar-refractivity contribution in [2.45, 2.75) is 0 Å². The Morgan fingerprint density at radius 2 is 0.463 bits per heavy atom. The third-order valence-electron chi connectivity index (χ3n) is 7.86. The Hall–Kier alpha value is -6.72. The zero-order valence-corrected chi connectivity index (χ0v) is 26.1. The lowest BCUT2D eigenvalue weighted by atomic mass is 10.0. The van der Waals surface area contributed by atoms with Gasteiger partial charge in [-0.2, -0.15) is 0 Å². The van der Waals surface area contributed by atoms with Crippen molar-refractivity contribution in [2.24, 2.45) is 0 Å². The molecule has 18 heteroatoms.